The number of Topliss-reactive ketones (excluding diaryl/α,β-unsaturated/α-hetero) is 1. The molecule has 6 heteroatoms. The predicted octanol–water partition coefficient (Wildman–Crippen LogP) is 3.69. The van der Waals surface area contributed by atoms with E-state index < -0.39 is 17.7 Å². The molecule has 0 bridgehead atoms. The van der Waals surface area contributed by atoms with E-state index in [1.807, 2.05) is 57.1 Å². The quantitative estimate of drug-likeness (QED) is 0.419. The molecular weight excluding hydrogens is 392 g/mol. The van der Waals surface area contributed by atoms with Gasteiger partial charge in [0.2, 0.25) is 0 Å². The van der Waals surface area contributed by atoms with E-state index in [0.717, 1.165) is 29.7 Å². The number of carbonyl (C=O) groups excluding carboxylic acids is 2. The molecule has 0 saturated carbocycles. The Morgan fingerprint density at radius 2 is 1.77 bits per heavy atom. The number of likely N-dealkylation sites (tertiary alicyclic amines) is 1. The number of benzene rings is 2. The van der Waals surface area contributed by atoms with Gasteiger partial charge in [0.1, 0.15) is 11.5 Å². The van der Waals surface area contributed by atoms with Gasteiger partial charge in [-0.25, -0.2) is 0 Å². The standard InChI is InChI=1S/C25H30N2O4/c1-16-7-9-18(10-8-16)22-21(23(28)19-11-12-20(31-5)17(2)15-19)24(29)25(30)27(22)14-6-13-26(3)4/h7-12,15,22,28H,6,13-14H2,1-5H3/t22-/m1/s1. The summed E-state index contributed by atoms with van der Waals surface area (Å²) in [5.74, 6) is -0.696. The highest BCUT2D eigenvalue weighted by Crippen LogP contribution is 2.40. The minimum atomic E-state index is -0.651. The van der Waals surface area contributed by atoms with Gasteiger partial charge in [0.25, 0.3) is 11.7 Å². The maximum Gasteiger partial charge on any atom is 0.295 e. The van der Waals surface area contributed by atoms with E-state index in [4.69, 9.17) is 4.74 Å². The Labute approximate surface area is 183 Å². The summed E-state index contributed by atoms with van der Waals surface area (Å²) in [4.78, 5) is 29.6. The average molecular weight is 423 g/mol. The third-order valence-electron chi connectivity index (χ3n) is 5.61. The lowest BCUT2D eigenvalue weighted by atomic mass is 9.94. The topological polar surface area (TPSA) is 70.1 Å². The molecule has 0 unspecified atom stereocenters. The van der Waals surface area contributed by atoms with Crippen molar-refractivity contribution in [2.45, 2.75) is 26.3 Å². The number of amides is 1. The Hall–Kier alpha value is -3.12. The largest absolute Gasteiger partial charge is 0.507 e. The minimum Gasteiger partial charge on any atom is -0.507 e. The van der Waals surface area contributed by atoms with Gasteiger partial charge in [-0.05, 0) is 70.2 Å². The molecule has 1 fully saturated rings. The molecule has 2 aromatic rings. The van der Waals surface area contributed by atoms with E-state index in [-0.39, 0.29) is 11.3 Å². The van der Waals surface area contributed by atoms with E-state index in [9.17, 15) is 14.7 Å². The molecule has 6 nitrogen and oxygen atoms in total. The smallest absolute Gasteiger partial charge is 0.295 e. The van der Waals surface area contributed by atoms with Crippen LogP contribution in [-0.2, 0) is 9.59 Å². The zero-order valence-corrected chi connectivity index (χ0v) is 18.8. The fraction of sp³-hybridized carbons (Fsp3) is 0.360. The molecule has 1 saturated heterocycles. The number of aliphatic hydroxyl groups is 1. The first-order valence-corrected chi connectivity index (χ1v) is 10.4. The van der Waals surface area contributed by atoms with E-state index in [0.29, 0.717) is 17.9 Å². The Morgan fingerprint density at radius 1 is 1.10 bits per heavy atom. The number of ketones is 1. The van der Waals surface area contributed by atoms with E-state index in [2.05, 4.69) is 0 Å². The molecule has 0 spiro atoms. The zero-order valence-electron chi connectivity index (χ0n) is 18.8. The van der Waals surface area contributed by atoms with Crippen LogP contribution in [0.15, 0.2) is 48.0 Å². The van der Waals surface area contributed by atoms with Crippen molar-refractivity contribution < 1.29 is 19.4 Å². The lowest BCUT2D eigenvalue weighted by Gasteiger charge is -2.26. The highest BCUT2D eigenvalue weighted by atomic mass is 16.5. The molecule has 0 radical (unpaired) electrons. The van der Waals surface area contributed by atoms with Crippen LogP contribution < -0.4 is 4.74 Å². The molecule has 1 aliphatic heterocycles. The van der Waals surface area contributed by atoms with Crippen molar-refractivity contribution in [1.82, 2.24) is 9.80 Å². The monoisotopic (exact) mass is 422 g/mol. The summed E-state index contributed by atoms with van der Waals surface area (Å²) in [6, 6.07) is 12.3. The Kier molecular flexibility index (Phi) is 6.81. The maximum atomic E-state index is 13.0. The summed E-state index contributed by atoms with van der Waals surface area (Å²) in [6.07, 6.45) is 0.726. The van der Waals surface area contributed by atoms with Crippen LogP contribution >= 0.6 is 0 Å². The molecule has 1 heterocycles. The van der Waals surface area contributed by atoms with Crippen LogP contribution in [0.1, 0.15) is 34.7 Å². The maximum absolute atomic E-state index is 13.0. The summed E-state index contributed by atoms with van der Waals surface area (Å²) in [7, 11) is 5.52. The fourth-order valence-electron chi connectivity index (χ4n) is 3.94. The number of hydrogen-bond acceptors (Lipinski definition) is 5. The van der Waals surface area contributed by atoms with Gasteiger partial charge < -0.3 is 19.6 Å². The van der Waals surface area contributed by atoms with Crippen molar-refractivity contribution in [2.75, 3.05) is 34.3 Å². The van der Waals surface area contributed by atoms with Crippen LogP contribution in [0.2, 0.25) is 0 Å². The molecule has 164 valence electrons. The van der Waals surface area contributed by atoms with Crippen molar-refractivity contribution in [2.24, 2.45) is 0 Å². The number of aryl methyl sites for hydroxylation is 2. The molecule has 1 amide bonds. The van der Waals surface area contributed by atoms with Gasteiger partial charge >= 0.3 is 0 Å². The number of nitrogens with zero attached hydrogens (tertiary/aromatic N) is 2. The highest BCUT2D eigenvalue weighted by molar-refractivity contribution is 6.46. The highest BCUT2D eigenvalue weighted by Gasteiger charge is 2.45. The average Bonchev–Trinajstić information content (AvgIpc) is 2.98. The van der Waals surface area contributed by atoms with Gasteiger partial charge in [-0.1, -0.05) is 29.8 Å². The van der Waals surface area contributed by atoms with Crippen LogP contribution in [0, 0.1) is 13.8 Å². The van der Waals surface area contributed by atoms with Gasteiger partial charge in [0.15, 0.2) is 0 Å². The first kappa shape index (κ1) is 22.6. The van der Waals surface area contributed by atoms with Gasteiger partial charge in [-0.3, -0.25) is 9.59 Å². The van der Waals surface area contributed by atoms with Crippen molar-refractivity contribution in [3.05, 3.63) is 70.3 Å². The molecule has 2 aromatic carbocycles. The van der Waals surface area contributed by atoms with Gasteiger partial charge in [-0.2, -0.15) is 0 Å². The van der Waals surface area contributed by atoms with Crippen molar-refractivity contribution in [1.29, 1.82) is 0 Å². The molecule has 1 N–H and O–H groups in total. The lowest BCUT2D eigenvalue weighted by molar-refractivity contribution is -0.139. The fourth-order valence-corrected chi connectivity index (χ4v) is 3.94. The van der Waals surface area contributed by atoms with Crippen molar-refractivity contribution in [3.63, 3.8) is 0 Å². The first-order chi connectivity index (χ1) is 14.7. The third-order valence-corrected chi connectivity index (χ3v) is 5.61. The molecule has 0 aliphatic carbocycles. The summed E-state index contributed by atoms with van der Waals surface area (Å²) >= 11 is 0. The van der Waals surface area contributed by atoms with Crippen molar-refractivity contribution in [3.8, 4) is 5.75 Å². The Morgan fingerprint density at radius 3 is 2.35 bits per heavy atom. The Balaban J connectivity index is 2.10. The number of hydrogen-bond donors (Lipinski definition) is 1. The van der Waals surface area contributed by atoms with Crippen LogP contribution in [0.3, 0.4) is 0 Å². The molecule has 3 rings (SSSR count). The number of ether oxygens (including phenoxy) is 1. The van der Waals surface area contributed by atoms with E-state index >= 15 is 0 Å². The number of carbonyl (C=O) groups is 2. The molecule has 1 atom stereocenters. The number of aliphatic hydroxyl groups excluding tert-OH is 1. The summed E-state index contributed by atoms with van der Waals surface area (Å²) < 4.78 is 5.29. The lowest BCUT2D eigenvalue weighted by Crippen LogP contribution is -2.32. The second-order valence-electron chi connectivity index (χ2n) is 8.24. The van der Waals surface area contributed by atoms with Crippen molar-refractivity contribution >= 4 is 17.4 Å². The normalized spacial score (nSPS) is 18.1. The van der Waals surface area contributed by atoms with Gasteiger partial charge in [0, 0.05) is 12.1 Å². The van der Waals surface area contributed by atoms with Gasteiger partial charge in [-0.15, -0.1) is 0 Å². The number of rotatable bonds is 7. The van der Waals surface area contributed by atoms with Crippen LogP contribution in [0.4, 0.5) is 0 Å². The Bertz CT molecular complexity index is 1010. The van der Waals surface area contributed by atoms with Gasteiger partial charge in [0.05, 0.1) is 18.7 Å². The molecule has 0 aromatic heterocycles. The first-order valence-electron chi connectivity index (χ1n) is 10.4. The van der Waals surface area contributed by atoms with Crippen LogP contribution in [0.5, 0.6) is 5.75 Å². The molecule has 1 aliphatic rings. The van der Waals surface area contributed by atoms with E-state index in [1.165, 1.54) is 0 Å². The summed E-state index contributed by atoms with van der Waals surface area (Å²) in [5, 5.41) is 11.1. The second-order valence-corrected chi connectivity index (χ2v) is 8.24. The zero-order chi connectivity index (χ0) is 22.7. The summed E-state index contributed by atoms with van der Waals surface area (Å²) in [5.41, 5.74) is 3.34. The summed E-state index contributed by atoms with van der Waals surface area (Å²) in [6.45, 7) is 5.08. The third kappa shape index (κ3) is 4.64. The molecule has 31 heavy (non-hydrogen) atoms. The SMILES string of the molecule is COc1ccc(C(O)=C2C(=O)C(=O)N(CCCN(C)C)[C@@H]2c2ccc(C)cc2)cc1C. The van der Waals surface area contributed by atoms with Crippen LogP contribution in [-0.4, -0.2) is 60.9 Å². The van der Waals surface area contributed by atoms with E-state index in [1.54, 1.807) is 30.2 Å². The van der Waals surface area contributed by atoms with Crippen LogP contribution in [0.25, 0.3) is 5.76 Å². The second kappa shape index (κ2) is 9.35. The molecular formula is C25H30N2O4. The number of methoxy groups -OCH3 is 1. The minimum absolute atomic E-state index is 0.128. The predicted molar refractivity (Wildman–Crippen MR) is 121 cm³/mol.